The van der Waals surface area contributed by atoms with Crippen LogP contribution in [0.2, 0.25) is 0 Å². The Kier molecular flexibility index (Phi) is 5.05. The van der Waals surface area contributed by atoms with Gasteiger partial charge in [0.15, 0.2) is 5.96 Å². The monoisotopic (exact) mass is 323 g/mol. The van der Waals surface area contributed by atoms with E-state index in [-0.39, 0.29) is 5.91 Å². The first-order valence-electron chi connectivity index (χ1n) is 8.04. The number of hydrogen-bond donors (Lipinski definition) is 2. The molecule has 24 heavy (non-hydrogen) atoms. The largest absolute Gasteiger partial charge is 0.370 e. The molecule has 1 aromatic carbocycles. The fourth-order valence-electron chi connectivity index (χ4n) is 2.63. The molecule has 1 fully saturated rings. The second-order valence-electron chi connectivity index (χ2n) is 5.78. The zero-order valence-electron chi connectivity index (χ0n) is 13.5. The Bertz CT molecular complexity index is 712. The average Bonchev–Trinajstić information content (AvgIpc) is 3.00. The fourth-order valence-corrected chi connectivity index (χ4v) is 2.63. The summed E-state index contributed by atoms with van der Waals surface area (Å²) in [5.74, 6) is 1.25. The van der Waals surface area contributed by atoms with Crippen LogP contribution in [0.15, 0.2) is 53.7 Å². The van der Waals surface area contributed by atoms with E-state index >= 15 is 0 Å². The van der Waals surface area contributed by atoms with E-state index in [1.54, 1.807) is 6.20 Å². The van der Waals surface area contributed by atoms with E-state index in [9.17, 15) is 4.79 Å². The molecule has 0 atom stereocenters. The zero-order valence-corrected chi connectivity index (χ0v) is 13.5. The van der Waals surface area contributed by atoms with Crippen LogP contribution in [0.3, 0.4) is 0 Å². The van der Waals surface area contributed by atoms with E-state index in [4.69, 9.17) is 5.73 Å². The van der Waals surface area contributed by atoms with Crippen LogP contribution in [0.5, 0.6) is 0 Å². The summed E-state index contributed by atoms with van der Waals surface area (Å²) in [7, 11) is 0. The minimum absolute atomic E-state index is 0.247. The number of aliphatic imine (C=N–C) groups is 1. The van der Waals surface area contributed by atoms with Gasteiger partial charge in [0.2, 0.25) is 5.91 Å². The third-order valence-corrected chi connectivity index (χ3v) is 3.92. The Hall–Kier alpha value is -2.89. The first-order valence-corrected chi connectivity index (χ1v) is 8.04. The number of nitrogens with one attached hydrogen (secondary N) is 1. The predicted octanol–water partition coefficient (Wildman–Crippen LogP) is 2.13. The summed E-state index contributed by atoms with van der Waals surface area (Å²) in [5, 5.41) is 2.95. The summed E-state index contributed by atoms with van der Waals surface area (Å²) in [5.41, 5.74) is 8.07. The van der Waals surface area contributed by atoms with E-state index in [0.29, 0.717) is 31.3 Å². The molecule has 6 heteroatoms. The molecule has 1 aromatic heterocycles. The van der Waals surface area contributed by atoms with Crippen LogP contribution < -0.4 is 11.1 Å². The van der Waals surface area contributed by atoms with Crippen molar-refractivity contribution in [2.45, 2.75) is 25.9 Å². The minimum Gasteiger partial charge on any atom is -0.370 e. The first-order chi connectivity index (χ1) is 11.7. The molecule has 6 nitrogen and oxygen atoms in total. The summed E-state index contributed by atoms with van der Waals surface area (Å²) >= 11 is 0. The Labute approximate surface area is 141 Å². The summed E-state index contributed by atoms with van der Waals surface area (Å²) < 4.78 is 0. The molecule has 2 aromatic rings. The van der Waals surface area contributed by atoms with Gasteiger partial charge in [0.05, 0.1) is 6.54 Å². The Morgan fingerprint density at radius 2 is 2.00 bits per heavy atom. The molecule has 0 radical (unpaired) electrons. The Morgan fingerprint density at radius 1 is 1.21 bits per heavy atom. The van der Waals surface area contributed by atoms with E-state index in [2.05, 4.69) is 15.3 Å². The smallest absolute Gasteiger partial charge is 0.222 e. The molecule has 1 aliphatic rings. The topological polar surface area (TPSA) is 83.6 Å². The minimum atomic E-state index is 0.247. The highest BCUT2D eigenvalue weighted by Gasteiger charge is 2.19. The molecule has 1 amide bonds. The van der Waals surface area contributed by atoms with Crippen molar-refractivity contribution in [2.75, 3.05) is 11.9 Å². The molecule has 1 saturated heterocycles. The number of carbonyl (C=O) groups is 1. The number of carbonyl (C=O) groups excluding carboxylic acids is 1. The van der Waals surface area contributed by atoms with Gasteiger partial charge in [-0.15, -0.1) is 0 Å². The molecule has 0 bridgehead atoms. The molecular formula is C18H21N5O. The summed E-state index contributed by atoms with van der Waals surface area (Å²) in [6.45, 7) is 2.04. The summed E-state index contributed by atoms with van der Waals surface area (Å²) in [6, 6.07) is 13.7. The number of amides is 1. The van der Waals surface area contributed by atoms with Crippen LogP contribution in [-0.2, 0) is 17.9 Å². The van der Waals surface area contributed by atoms with Crippen LogP contribution in [0.1, 0.15) is 24.0 Å². The second-order valence-corrected chi connectivity index (χ2v) is 5.78. The SMILES string of the molecule is NC(=NCc1ccc(CN2CCCC2=O)cc1)Nc1ccccn1. The number of rotatable bonds is 5. The average molecular weight is 323 g/mol. The molecule has 0 aliphatic carbocycles. The van der Waals surface area contributed by atoms with Crippen LogP contribution in [0.4, 0.5) is 5.82 Å². The number of likely N-dealkylation sites (tertiary alicyclic amines) is 1. The van der Waals surface area contributed by atoms with Crippen molar-refractivity contribution in [2.24, 2.45) is 10.7 Å². The van der Waals surface area contributed by atoms with Crippen molar-refractivity contribution in [1.29, 1.82) is 0 Å². The maximum absolute atomic E-state index is 11.7. The van der Waals surface area contributed by atoms with Crippen molar-refractivity contribution < 1.29 is 4.79 Å². The molecule has 3 N–H and O–H groups in total. The standard InChI is InChI=1S/C18H21N5O/c19-18(22-16-4-1-2-10-20-16)21-12-14-6-8-15(9-7-14)13-23-11-3-5-17(23)24/h1-2,4,6-10H,3,5,11-13H2,(H3,19,20,21,22). The first kappa shape index (κ1) is 16.0. The zero-order chi connectivity index (χ0) is 16.8. The fraction of sp³-hybridized carbons (Fsp3) is 0.278. The predicted molar refractivity (Wildman–Crippen MR) is 94.3 cm³/mol. The number of nitrogens with zero attached hydrogens (tertiary/aromatic N) is 3. The van der Waals surface area contributed by atoms with E-state index in [0.717, 1.165) is 24.1 Å². The van der Waals surface area contributed by atoms with Crippen LogP contribution in [-0.4, -0.2) is 28.3 Å². The van der Waals surface area contributed by atoms with Gasteiger partial charge in [0, 0.05) is 25.7 Å². The van der Waals surface area contributed by atoms with Crippen molar-refractivity contribution >= 4 is 17.7 Å². The van der Waals surface area contributed by atoms with Gasteiger partial charge in [0.25, 0.3) is 0 Å². The number of pyridine rings is 1. The molecule has 3 rings (SSSR count). The van der Waals surface area contributed by atoms with Crippen LogP contribution in [0.25, 0.3) is 0 Å². The third-order valence-electron chi connectivity index (χ3n) is 3.92. The van der Waals surface area contributed by atoms with Gasteiger partial charge in [-0.1, -0.05) is 30.3 Å². The third kappa shape index (κ3) is 4.32. The van der Waals surface area contributed by atoms with Crippen molar-refractivity contribution in [3.63, 3.8) is 0 Å². The normalized spacial score (nSPS) is 14.9. The molecular weight excluding hydrogens is 302 g/mol. The van der Waals surface area contributed by atoms with Gasteiger partial charge in [0.1, 0.15) is 5.82 Å². The van der Waals surface area contributed by atoms with Gasteiger partial charge in [-0.25, -0.2) is 9.98 Å². The summed E-state index contributed by atoms with van der Waals surface area (Å²) in [4.78, 5) is 22.0. The highest BCUT2D eigenvalue weighted by Crippen LogP contribution is 2.15. The maximum atomic E-state index is 11.7. The molecule has 0 saturated carbocycles. The number of benzene rings is 1. The lowest BCUT2D eigenvalue weighted by atomic mass is 10.1. The van der Waals surface area contributed by atoms with Gasteiger partial charge in [-0.2, -0.15) is 0 Å². The number of anilines is 1. The molecule has 0 spiro atoms. The number of guanidine groups is 1. The maximum Gasteiger partial charge on any atom is 0.222 e. The Balaban J connectivity index is 1.54. The van der Waals surface area contributed by atoms with Crippen molar-refractivity contribution in [3.8, 4) is 0 Å². The Morgan fingerprint density at radius 3 is 2.67 bits per heavy atom. The lowest BCUT2D eigenvalue weighted by Gasteiger charge is -2.15. The van der Waals surface area contributed by atoms with Gasteiger partial charge < -0.3 is 16.0 Å². The second kappa shape index (κ2) is 7.59. The quantitative estimate of drug-likeness (QED) is 0.652. The summed E-state index contributed by atoms with van der Waals surface area (Å²) in [6.07, 6.45) is 3.34. The van der Waals surface area contributed by atoms with Gasteiger partial charge in [-0.05, 0) is 29.7 Å². The molecule has 2 heterocycles. The van der Waals surface area contributed by atoms with Crippen molar-refractivity contribution in [1.82, 2.24) is 9.88 Å². The highest BCUT2D eigenvalue weighted by molar-refractivity contribution is 5.91. The number of nitrogens with two attached hydrogens (primary N) is 1. The van der Waals surface area contributed by atoms with Gasteiger partial charge >= 0.3 is 0 Å². The van der Waals surface area contributed by atoms with E-state index in [1.807, 2.05) is 47.4 Å². The molecule has 1 aliphatic heterocycles. The number of aromatic nitrogens is 1. The lowest BCUT2D eigenvalue weighted by Crippen LogP contribution is -2.23. The lowest BCUT2D eigenvalue weighted by molar-refractivity contribution is -0.128. The van der Waals surface area contributed by atoms with Crippen molar-refractivity contribution in [3.05, 3.63) is 59.8 Å². The number of hydrogen-bond acceptors (Lipinski definition) is 3. The molecule has 124 valence electrons. The van der Waals surface area contributed by atoms with Crippen LogP contribution >= 0.6 is 0 Å². The van der Waals surface area contributed by atoms with Gasteiger partial charge in [-0.3, -0.25) is 4.79 Å². The van der Waals surface area contributed by atoms with E-state index in [1.165, 1.54) is 0 Å². The molecule has 0 unspecified atom stereocenters. The van der Waals surface area contributed by atoms with E-state index < -0.39 is 0 Å². The van der Waals surface area contributed by atoms with Crippen LogP contribution in [0, 0.1) is 0 Å². The highest BCUT2D eigenvalue weighted by atomic mass is 16.2.